The van der Waals surface area contributed by atoms with E-state index < -0.39 is 12.5 Å². The zero-order chi connectivity index (χ0) is 17.3. The van der Waals surface area contributed by atoms with Gasteiger partial charge in [-0.15, -0.1) is 22.7 Å². The first-order valence-corrected chi connectivity index (χ1v) is 8.60. The lowest BCUT2D eigenvalue weighted by Crippen LogP contribution is -2.33. The molecule has 0 aliphatic rings. The van der Waals surface area contributed by atoms with Crippen LogP contribution in [-0.4, -0.2) is 12.5 Å². The molecule has 0 fully saturated rings. The Morgan fingerprint density at radius 2 is 1.42 bits per heavy atom. The monoisotopic (exact) mass is 372 g/mol. The van der Waals surface area contributed by atoms with E-state index in [1.807, 2.05) is 19.1 Å². The number of rotatable bonds is 5. The quantitative estimate of drug-likeness (QED) is 0.454. The van der Waals surface area contributed by atoms with E-state index in [0.29, 0.717) is 0 Å². The Kier molecular flexibility index (Phi) is 4.64. The molecule has 126 valence electrons. The number of hydrogen-bond donors (Lipinski definition) is 0. The second-order valence-electron chi connectivity index (χ2n) is 5.06. The zero-order valence-electron chi connectivity index (χ0n) is 12.4. The van der Waals surface area contributed by atoms with E-state index in [2.05, 4.69) is 16.9 Å². The molecule has 0 aliphatic carbocycles. The minimum Gasteiger partial charge on any atom is -0.428 e. The van der Waals surface area contributed by atoms with Gasteiger partial charge in [0.05, 0.1) is 0 Å². The van der Waals surface area contributed by atoms with E-state index in [1.54, 1.807) is 34.8 Å². The van der Waals surface area contributed by atoms with Gasteiger partial charge in [-0.25, -0.2) is 0 Å². The van der Waals surface area contributed by atoms with Gasteiger partial charge >= 0.3 is 12.5 Å². The number of halogens is 4. The van der Waals surface area contributed by atoms with Crippen molar-refractivity contribution in [3.63, 3.8) is 0 Å². The number of ether oxygens (including phenoxy) is 1. The van der Waals surface area contributed by atoms with Crippen LogP contribution >= 0.6 is 22.7 Å². The molecule has 0 atom stereocenters. The summed E-state index contributed by atoms with van der Waals surface area (Å²) in [6.45, 7) is 2.04. The van der Waals surface area contributed by atoms with Crippen LogP contribution in [0.3, 0.4) is 0 Å². The maximum Gasteiger partial charge on any atom is 0.461 e. The summed E-state index contributed by atoms with van der Waals surface area (Å²) in [5.74, 6) is -0.297. The first-order chi connectivity index (χ1) is 11.3. The molecule has 0 saturated heterocycles. The van der Waals surface area contributed by atoms with Crippen molar-refractivity contribution < 1.29 is 22.3 Å². The summed E-state index contributed by atoms with van der Waals surface area (Å²) in [7, 11) is 0. The van der Waals surface area contributed by atoms with Gasteiger partial charge < -0.3 is 4.74 Å². The maximum atomic E-state index is 12.9. The van der Waals surface area contributed by atoms with Gasteiger partial charge in [0.15, 0.2) is 0 Å². The zero-order valence-corrected chi connectivity index (χ0v) is 14.1. The third kappa shape index (κ3) is 3.62. The molecule has 0 aliphatic heterocycles. The van der Waals surface area contributed by atoms with Crippen molar-refractivity contribution in [1.29, 1.82) is 0 Å². The molecule has 0 radical (unpaired) electrons. The minimum absolute atomic E-state index is 0.297. The third-order valence-electron chi connectivity index (χ3n) is 3.24. The van der Waals surface area contributed by atoms with Crippen molar-refractivity contribution in [3.8, 4) is 25.9 Å². The second-order valence-corrected chi connectivity index (χ2v) is 7.43. The summed E-state index contributed by atoms with van der Waals surface area (Å²) >= 11 is 3.27. The molecule has 3 aromatic rings. The summed E-state index contributed by atoms with van der Waals surface area (Å²) in [5.41, 5.74) is 0.812. The molecule has 0 bridgehead atoms. The van der Waals surface area contributed by atoms with Crippen LogP contribution in [0.25, 0.3) is 20.2 Å². The topological polar surface area (TPSA) is 9.23 Å². The van der Waals surface area contributed by atoms with Crippen LogP contribution < -0.4 is 4.74 Å². The van der Waals surface area contributed by atoms with E-state index in [4.69, 9.17) is 0 Å². The van der Waals surface area contributed by atoms with Gasteiger partial charge in [-0.3, -0.25) is 0 Å². The molecule has 0 saturated carbocycles. The summed E-state index contributed by atoms with van der Waals surface area (Å²) in [6.07, 6.45) is -8.36. The van der Waals surface area contributed by atoms with Crippen molar-refractivity contribution in [1.82, 2.24) is 0 Å². The Labute approximate surface area is 144 Å². The predicted molar refractivity (Wildman–Crippen MR) is 89.4 cm³/mol. The molecule has 1 nitrogen and oxygen atoms in total. The Morgan fingerprint density at radius 3 is 2.00 bits per heavy atom. The average Bonchev–Trinajstić information content (AvgIpc) is 3.16. The fourth-order valence-electron chi connectivity index (χ4n) is 2.08. The lowest BCUT2D eigenvalue weighted by Gasteiger charge is -2.16. The minimum atomic E-state index is -4.49. The van der Waals surface area contributed by atoms with E-state index in [1.165, 1.54) is 21.9 Å². The summed E-state index contributed by atoms with van der Waals surface area (Å²) in [6, 6.07) is 13.7. The lowest BCUT2D eigenvalue weighted by atomic mass is 10.2. The first kappa shape index (κ1) is 17.0. The highest BCUT2D eigenvalue weighted by Gasteiger charge is 2.43. The lowest BCUT2D eigenvalue weighted by molar-refractivity contribution is -0.253. The van der Waals surface area contributed by atoms with Crippen LogP contribution in [0.4, 0.5) is 17.6 Å². The molecule has 24 heavy (non-hydrogen) atoms. The largest absolute Gasteiger partial charge is 0.461 e. The van der Waals surface area contributed by atoms with Gasteiger partial charge in [-0.1, -0.05) is 0 Å². The van der Waals surface area contributed by atoms with Gasteiger partial charge in [0.1, 0.15) is 5.75 Å². The van der Waals surface area contributed by atoms with Crippen LogP contribution in [0.2, 0.25) is 0 Å². The number of aryl methyl sites for hydroxylation is 1. The normalized spacial score (nSPS) is 11.9. The van der Waals surface area contributed by atoms with E-state index in [0.717, 1.165) is 15.3 Å². The van der Waals surface area contributed by atoms with Gasteiger partial charge in [-0.2, -0.15) is 17.6 Å². The number of benzene rings is 1. The molecule has 0 unspecified atom stereocenters. The Bertz CT molecular complexity index is 821. The van der Waals surface area contributed by atoms with Crippen LogP contribution in [0.1, 0.15) is 4.88 Å². The first-order valence-electron chi connectivity index (χ1n) is 6.97. The van der Waals surface area contributed by atoms with Crippen molar-refractivity contribution >= 4 is 22.7 Å². The number of hydrogen-bond acceptors (Lipinski definition) is 3. The van der Waals surface area contributed by atoms with Crippen molar-refractivity contribution in [2.75, 3.05) is 0 Å². The molecule has 0 amide bonds. The molecule has 1 aromatic carbocycles. The Morgan fingerprint density at radius 1 is 0.833 bits per heavy atom. The second kappa shape index (κ2) is 6.57. The average molecular weight is 372 g/mol. The molecule has 2 heterocycles. The smallest absolute Gasteiger partial charge is 0.428 e. The van der Waals surface area contributed by atoms with Gasteiger partial charge in [-0.05, 0) is 61.0 Å². The van der Waals surface area contributed by atoms with E-state index >= 15 is 0 Å². The van der Waals surface area contributed by atoms with Crippen molar-refractivity contribution in [2.45, 2.75) is 19.5 Å². The predicted octanol–water partition coefficient (Wildman–Crippen LogP) is 6.69. The van der Waals surface area contributed by atoms with Crippen molar-refractivity contribution in [3.05, 3.63) is 53.4 Å². The molecule has 0 N–H and O–H groups in total. The van der Waals surface area contributed by atoms with Crippen LogP contribution in [0.15, 0.2) is 48.5 Å². The fourth-order valence-corrected chi connectivity index (χ4v) is 4.05. The summed E-state index contributed by atoms with van der Waals surface area (Å²) in [5, 5.41) is 0. The van der Waals surface area contributed by atoms with Gasteiger partial charge in [0.2, 0.25) is 0 Å². The van der Waals surface area contributed by atoms with Crippen LogP contribution in [-0.2, 0) is 0 Å². The molecule has 7 heteroatoms. The van der Waals surface area contributed by atoms with Crippen LogP contribution in [0, 0.1) is 6.92 Å². The summed E-state index contributed by atoms with van der Waals surface area (Å²) in [4.78, 5) is 4.47. The maximum absolute atomic E-state index is 12.9. The Hall–Kier alpha value is -1.86. The van der Waals surface area contributed by atoms with E-state index in [-0.39, 0.29) is 5.75 Å². The molecule has 3 rings (SSSR count). The standard InChI is InChI=1S/C17H12F4OS2/c1-10-2-7-14(23-10)15-9-8-13(24-15)11-3-5-12(6-4-11)22-17(20,21)16(18)19/h2-9,16H,1H3. The molecule has 0 spiro atoms. The van der Waals surface area contributed by atoms with Crippen LogP contribution in [0.5, 0.6) is 5.75 Å². The molecular formula is C17H12F4OS2. The van der Waals surface area contributed by atoms with Crippen molar-refractivity contribution in [2.24, 2.45) is 0 Å². The Balaban J connectivity index is 1.78. The number of thiophene rings is 2. The van der Waals surface area contributed by atoms with E-state index in [9.17, 15) is 17.6 Å². The third-order valence-corrected chi connectivity index (χ3v) is 5.57. The molecule has 2 aromatic heterocycles. The number of alkyl halides is 4. The summed E-state index contributed by atoms with van der Waals surface area (Å²) < 4.78 is 54.1. The van der Waals surface area contributed by atoms with Gasteiger partial charge in [0.25, 0.3) is 0 Å². The SMILES string of the molecule is Cc1ccc(-c2ccc(-c3ccc(OC(F)(F)C(F)F)cc3)s2)s1. The highest BCUT2D eigenvalue weighted by molar-refractivity contribution is 7.23. The highest BCUT2D eigenvalue weighted by atomic mass is 32.1. The fraction of sp³-hybridized carbons (Fsp3) is 0.176. The highest BCUT2D eigenvalue weighted by Crippen LogP contribution is 2.38. The van der Waals surface area contributed by atoms with Gasteiger partial charge in [0, 0.05) is 19.5 Å². The molecular weight excluding hydrogens is 360 g/mol.